The lowest BCUT2D eigenvalue weighted by Gasteiger charge is -2.42. The Morgan fingerprint density at radius 1 is 0.960 bits per heavy atom. The molecule has 0 saturated carbocycles. The summed E-state index contributed by atoms with van der Waals surface area (Å²) in [4.78, 5) is 14.0. The molecule has 3 rings (SSSR count). The van der Waals surface area contributed by atoms with E-state index in [-0.39, 0.29) is 17.7 Å². The molecule has 1 aliphatic rings. The Morgan fingerprint density at radius 2 is 1.60 bits per heavy atom. The molecule has 1 amide bonds. The fourth-order valence-corrected chi connectivity index (χ4v) is 2.95. The molecule has 0 bridgehead atoms. The van der Waals surface area contributed by atoms with Gasteiger partial charge in [-0.15, -0.1) is 0 Å². The Labute approximate surface area is 145 Å². The maximum atomic E-state index is 12.4. The number of aromatic hydroxyl groups is 1. The van der Waals surface area contributed by atoms with Gasteiger partial charge in [-0.05, 0) is 29.8 Å². The van der Waals surface area contributed by atoms with E-state index in [1.165, 1.54) is 14.2 Å². The highest BCUT2D eigenvalue weighted by Gasteiger charge is 2.43. The van der Waals surface area contributed by atoms with Crippen molar-refractivity contribution in [1.82, 2.24) is 0 Å². The summed E-state index contributed by atoms with van der Waals surface area (Å²) in [6, 6.07) is 9.94. The number of hydrogen-bond acceptors (Lipinski definition) is 5. The Morgan fingerprint density at radius 3 is 2.20 bits per heavy atom. The van der Waals surface area contributed by atoms with Gasteiger partial charge in [-0.1, -0.05) is 12.6 Å². The van der Waals surface area contributed by atoms with Crippen molar-refractivity contribution < 1.29 is 24.1 Å². The van der Waals surface area contributed by atoms with Gasteiger partial charge in [0.05, 0.1) is 27.4 Å². The lowest BCUT2D eigenvalue weighted by atomic mass is 9.88. The van der Waals surface area contributed by atoms with Gasteiger partial charge in [0.2, 0.25) is 0 Å². The Kier molecular flexibility index (Phi) is 4.27. The van der Waals surface area contributed by atoms with Gasteiger partial charge in [0.1, 0.15) is 0 Å². The lowest BCUT2D eigenvalue weighted by Crippen LogP contribution is -2.48. The first-order valence-electron chi connectivity index (χ1n) is 7.63. The van der Waals surface area contributed by atoms with Crippen molar-refractivity contribution in [3.05, 3.63) is 54.1 Å². The van der Waals surface area contributed by atoms with E-state index in [2.05, 4.69) is 6.58 Å². The maximum absolute atomic E-state index is 12.4. The molecule has 1 N–H and O–H groups in total. The van der Waals surface area contributed by atoms with Gasteiger partial charge in [-0.25, -0.2) is 0 Å². The predicted octanol–water partition coefficient (Wildman–Crippen LogP) is 3.06. The third-order valence-electron chi connectivity index (χ3n) is 4.25. The van der Waals surface area contributed by atoms with Crippen molar-refractivity contribution in [2.75, 3.05) is 26.2 Å². The van der Waals surface area contributed by atoms with E-state index < -0.39 is 0 Å². The molecule has 6 nitrogen and oxygen atoms in total. The molecule has 130 valence electrons. The van der Waals surface area contributed by atoms with Crippen LogP contribution in [0.2, 0.25) is 0 Å². The molecule has 0 spiro atoms. The van der Waals surface area contributed by atoms with Gasteiger partial charge in [0.25, 0.3) is 5.91 Å². The van der Waals surface area contributed by atoms with E-state index >= 15 is 0 Å². The second-order valence-corrected chi connectivity index (χ2v) is 5.57. The molecule has 1 heterocycles. The summed E-state index contributed by atoms with van der Waals surface area (Å²) in [5, 5.41) is 10.0. The summed E-state index contributed by atoms with van der Waals surface area (Å²) < 4.78 is 15.6. The molecule has 6 heteroatoms. The second kappa shape index (κ2) is 6.39. The molecule has 1 atom stereocenters. The first-order chi connectivity index (χ1) is 12.0. The van der Waals surface area contributed by atoms with Crippen LogP contribution in [0.25, 0.3) is 0 Å². The number of methoxy groups -OCH3 is 3. The molecule has 0 aromatic heterocycles. The van der Waals surface area contributed by atoms with Gasteiger partial charge in [-0.2, -0.15) is 0 Å². The van der Waals surface area contributed by atoms with Crippen LogP contribution in [0, 0.1) is 0 Å². The van der Waals surface area contributed by atoms with Gasteiger partial charge >= 0.3 is 0 Å². The minimum Gasteiger partial charge on any atom is -0.504 e. The minimum absolute atomic E-state index is 0.0133. The zero-order valence-electron chi connectivity index (χ0n) is 14.3. The van der Waals surface area contributed by atoms with Crippen LogP contribution < -0.4 is 19.1 Å². The SMILES string of the molecule is C=C1C(=O)N(c2ccc(OC)c(OC)c2)[C@H]1c1ccc(OC)c(O)c1. The minimum atomic E-state index is -0.359. The van der Waals surface area contributed by atoms with Crippen molar-refractivity contribution in [2.45, 2.75) is 6.04 Å². The molecule has 2 aromatic rings. The number of hydrogen-bond donors (Lipinski definition) is 1. The third-order valence-corrected chi connectivity index (χ3v) is 4.25. The van der Waals surface area contributed by atoms with Gasteiger partial charge in [-0.3, -0.25) is 9.69 Å². The molecule has 1 aliphatic heterocycles. The van der Waals surface area contributed by atoms with Crippen molar-refractivity contribution in [1.29, 1.82) is 0 Å². The summed E-state index contributed by atoms with van der Waals surface area (Å²) in [7, 11) is 4.57. The number of carbonyl (C=O) groups excluding carboxylic acids is 1. The van der Waals surface area contributed by atoms with Gasteiger partial charge < -0.3 is 19.3 Å². The molecule has 0 aliphatic carbocycles. The molecule has 2 aromatic carbocycles. The molecule has 0 radical (unpaired) electrons. The average molecular weight is 341 g/mol. The van der Waals surface area contributed by atoms with E-state index in [0.29, 0.717) is 28.5 Å². The number of carbonyl (C=O) groups is 1. The Balaban J connectivity index is 1.99. The van der Waals surface area contributed by atoms with E-state index in [1.807, 2.05) is 0 Å². The lowest BCUT2D eigenvalue weighted by molar-refractivity contribution is -0.118. The molecular formula is C19H19NO5. The van der Waals surface area contributed by atoms with Crippen molar-refractivity contribution in [3.8, 4) is 23.0 Å². The van der Waals surface area contributed by atoms with Crippen LogP contribution >= 0.6 is 0 Å². The summed E-state index contributed by atoms with van der Waals surface area (Å²) in [5.74, 6) is 1.32. The molecule has 1 fully saturated rings. The third kappa shape index (κ3) is 2.65. The first kappa shape index (κ1) is 16.7. The van der Waals surface area contributed by atoms with Crippen molar-refractivity contribution in [3.63, 3.8) is 0 Å². The van der Waals surface area contributed by atoms with E-state index in [9.17, 15) is 9.90 Å². The van der Waals surface area contributed by atoms with Crippen molar-refractivity contribution in [2.24, 2.45) is 0 Å². The summed E-state index contributed by atoms with van der Waals surface area (Å²) in [6.45, 7) is 3.86. The van der Waals surface area contributed by atoms with Crippen LogP contribution in [-0.4, -0.2) is 32.3 Å². The normalized spacial score (nSPS) is 16.4. The number of anilines is 1. The van der Waals surface area contributed by atoms with Crippen molar-refractivity contribution >= 4 is 11.6 Å². The number of rotatable bonds is 5. The van der Waals surface area contributed by atoms with E-state index in [1.54, 1.807) is 48.4 Å². The molecular weight excluding hydrogens is 322 g/mol. The number of phenolic OH excluding ortho intramolecular Hbond substituents is 1. The summed E-state index contributed by atoms with van der Waals surface area (Å²) in [6.07, 6.45) is 0. The molecule has 0 unspecified atom stereocenters. The zero-order chi connectivity index (χ0) is 18.1. The number of phenols is 1. The first-order valence-corrected chi connectivity index (χ1v) is 7.63. The average Bonchev–Trinajstić information content (AvgIpc) is 2.64. The topological polar surface area (TPSA) is 68.2 Å². The number of ether oxygens (including phenoxy) is 3. The van der Waals surface area contributed by atoms with E-state index in [4.69, 9.17) is 14.2 Å². The largest absolute Gasteiger partial charge is 0.504 e. The van der Waals surface area contributed by atoms with Crippen LogP contribution in [-0.2, 0) is 4.79 Å². The standard InChI is InChI=1S/C19H19NO5/c1-11-18(12-5-7-15(23-2)14(21)9-12)20(19(11)22)13-6-8-16(24-3)17(10-13)25-4/h5-10,18,21H,1H2,2-4H3/t18-/m1/s1. The van der Waals surface area contributed by atoms with Crippen LogP contribution in [0.3, 0.4) is 0 Å². The monoisotopic (exact) mass is 341 g/mol. The fraction of sp³-hybridized carbons (Fsp3) is 0.211. The number of amides is 1. The molecule has 25 heavy (non-hydrogen) atoms. The summed E-state index contributed by atoms with van der Waals surface area (Å²) >= 11 is 0. The number of β-lactam (4-membered cyclic amide) rings is 1. The Bertz CT molecular complexity index is 846. The zero-order valence-corrected chi connectivity index (χ0v) is 14.3. The van der Waals surface area contributed by atoms with Gasteiger partial charge in [0, 0.05) is 17.3 Å². The highest BCUT2D eigenvalue weighted by atomic mass is 16.5. The maximum Gasteiger partial charge on any atom is 0.256 e. The Hall–Kier alpha value is -3.15. The fourth-order valence-electron chi connectivity index (χ4n) is 2.95. The van der Waals surface area contributed by atoms with Crippen LogP contribution in [0.15, 0.2) is 48.6 Å². The summed E-state index contributed by atoms with van der Waals surface area (Å²) in [5.41, 5.74) is 1.87. The number of benzene rings is 2. The second-order valence-electron chi connectivity index (χ2n) is 5.57. The van der Waals surface area contributed by atoms with Crippen LogP contribution in [0.4, 0.5) is 5.69 Å². The number of nitrogens with zero attached hydrogens (tertiary/aromatic N) is 1. The quantitative estimate of drug-likeness (QED) is 0.669. The highest BCUT2D eigenvalue weighted by Crippen LogP contribution is 2.45. The van der Waals surface area contributed by atoms with E-state index in [0.717, 1.165) is 5.56 Å². The van der Waals surface area contributed by atoms with Crippen LogP contribution in [0.5, 0.6) is 23.0 Å². The smallest absolute Gasteiger partial charge is 0.256 e. The van der Waals surface area contributed by atoms with Crippen LogP contribution in [0.1, 0.15) is 11.6 Å². The highest BCUT2D eigenvalue weighted by molar-refractivity contribution is 6.15. The predicted molar refractivity (Wildman–Crippen MR) is 93.6 cm³/mol. The molecule has 1 saturated heterocycles. The van der Waals surface area contributed by atoms with Gasteiger partial charge in [0.15, 0.2) is 23.0 Å².